The molecule has 0 aliphatic heterocycles. The van der Waals surface area contributed by atoms with Crippen molar-refractivity contribution in [2.24, 2.45) is 0 Å². The van der Waals surface area contributed by atoms with Crippen molar-refractivity contribution in [2.45, 2.75) is 13.8 Å². The van der Waals surface area contributed by atoms with Gasteiger partial charge in [-0.15, -0.1) is 0 Å². The zero-order chi connectivity index (χ0) is 15.7. The van der Waals surface area contributed by atoms with E-state index < -0.39 is 5.97 Å². The Balaban J connectivity index is 2.29. The van der Waals surface area contributed by atoms with Crippen LogP contribution in [0.15, 0.2) is 41.0 Å². The van der Waals surface area contributed by atoms with Gasteiger partial charge in [0.15, 0.2) is 5.65 Å². The lowest BCUT2D eigenvalue weighted by molar-refractivity contribution is 0.0527. The Morgan fingerprint density at radius 2 is 2.05 bits per heavy atom. The molecule has 0 atom stereocenters. The highest BCUT2D eigenvalue weighted by atomic mass is 79.9. The van der Waals surface area contributed by atoms with E-state index in [1.165, 1.54) is 0 Å². The number of rotatable bonds is 3. The molecule has 0 aliphatic carbocycles. The van der Waals surface area contributed by atoms with Crippen LogP contribution in [0, 0.1) is 6.92 Å². The van der Waals surface area contributed by atoms with E-state index in [0.29, 0.717) is 23.5 Å². The molecule has 0 saturated carbocycles. The van der Waals surface area contributed by atoms with Crippen molar-refractivity contribution in [3.05, 3.63) is 52.3 Å². The molecule has 2 heterocycles. The van der Waals surface area contributed by atoms with E-state index in [-0.39, 0.29) is 0 Å². The van der Waals surface area contributed by atoms with Crippen LogP contribution in [-0.4, -0.2) is 27.2 Å². The minimum atomic E-state index is -0.399. The van der Waals surface area contributed by atoms with E-state index in [1.54, 1.807) is 24.6 Å². The first-order valence-corrected chi connectivity index (χ1v) is 7.69. The number of hydrogen-bond donors (Lipinski definition) is 0. The summed E-state index contributed by atoms with van der Waals surface area (Å²) in [5.41, 5.74) is 3.34. The minimum Gasteiger partial charge on any atom is -0.462 e. The molecule has 5 nitrogen and oxygen atoms in total. The van der Waals surface area contributed by atoms with Crippen molar-refractivity contribution in [1.29, 1.82) is 0 Å². The molecule has 0 aliphatic rings. The number of carbonyl (C=O) groups excluding carboxylic acids is 1. The summed E-state index contributed by atoms with van der Waals surface area (Å²) in [5.74, 6) is -0.399. The molecule has 22 heavy (non-hydrogen) atoms. The molecule has 3 aromatic rings. The van der Waals surface area contributed by atoms with Gasteiger partial charge < -0.3 is 4.74 Å². The zero-order valence-electron chi connectivity index (χ0n) is 12.2. The molecule has 0 radical (unpaired) electrons. The third kappa shape index (κ3) is 2.39. The van der Waals surface area contributed by atoms with Crippen LogP contribution in [0.3, 0.4) is 0 Å². The van der Waals surface area contributed by atoms with Crippen molar-refractivity contribution in [2.75, 3.05) is 6.61 Å². The summed E-state index contributed by atoms with van der Waals surface area (Å²) < 4.78 is 7.60. The quantitative estimate of drug-likeness (QED) is 0.669. The van der Waals surface area contributed by atoms with Gasteiger partial charge in [-0.2, -0.15) is 5.10 Å². The van der Waals surface area contributed by atoms with Gasteiger partial charge in [-0.1, -0.05) is 30.3 Å². The van der Waals surface area contributed by atoms with E-state index in [2.05, 4.69) is 26.0 Å². The number of halogens is 1. The Morgan fingerprint density at radius 3 is 2.73 bits per heavy atom. The van der Waals surface area contributed by atoms with Crippen molar-refractivity contribution >= 4 is 27.5 Å². The number of hydrogen-bond acceptors (Lipinski definition) is 4. The van der Waals surface area contributed by atoms with Crippen molar-refractivity contribution in [1.82, 2.24) is 14.6 Å². The second-order valence-electron chi connectivity index (χ2n) is 4.74. The largest absolute Gasteiger partial charge is 0.462 e. The fourth-order valence-corrected chi connectivity index (χ4v) is 2.87. The molecule has 1 aromatic carbocycles. The van der Waals surface area contributed by atoms with Crippen molar-refractivity contribution in [3.63, 3.8) is 0 Å². The van der Waals surface area contributed by atoms with Crippen LogP contribution < -0.4 is 0 Å². The predicted molar refractivity (Wildman–Crippen MR) is 86.8 cm³/mol. The summed E-state index contributed by atoms with van der Waals surface area (Å²) in [5, 5.41) is 4.48. The lowest BCUT2D eigenvalue weighted by atomic mass is 10.1. The number of ether oxygens (including phenoxy) is 1. The third-order valence-corrected chi connectivity index (χ3v) is 3.88. The first-order valence-electron chi connectivity index (χ1n) is 6.89. The van der Waals surface area contributed by atoms with Crippen LogP contribution in [0.25, 0.3) is 16.9 Å². The van der Waals surface area contributed by atoms with E-state index in [9.17, 15) is 4.79 Å². The highest BCUT2D eigenvalue weighted by molar-refractivity contribution is 9.10. The van der Waals surface area contributed by atoms with Gasteiger partial charge in [-0.05, 0) is 29.8 Å². The summed E-state index contributed by atoms with van der Waals surface area (Å²) in [7, 11) is 0. The molecule has 2 aromatic heterocycles. The Bertz CT molecular complexity index is 843. The number of aromatic nitrogens is 3. The maximum atomic E-state index is 12.1. The maximum absolute atomic E-state index is 12.1. The van der Waals surface area contributed by atoms with Gasteiger partial charge in [0.25, 0.3) is 0 Å². The Kier molecular flexibility index (Phi) is 3.94. The molecule has 0 fully saturated rings. The lowest BCUT2D eigenvalue weighted by Gasteiger charge is -2.07. The average Bonchev–Trinajstić information content (AvgIpc) is 2.84. The van der Waals surface area contributed by atoms with Gasteiger partial charge in [-0.3, -0.25) is 0 Å². The molecular formula is C16H14BrN3O2. The monoisotopic (exact) mass is 359 g/mol. The zero-order valence-corrected chi connectivity index (χ0v) is 13.8. The summed E-state index contributed by atoms with van der Waals surface area (Å²) in [6, 6.07) is 9.84. The van der Waals surface area contributed by atoms with E-state index in [1.807, 2.05) is 30.3 Å². The van der Waals surface area contributed by atoms with Gasteiger partial charge in [0.1, 0.15) is 5.56 Å². The maximum Gasteiger partial charge on any atom is 0.343 e. The standard InChI is InChI=1S/C16H14BrN3O2/c1-3-22-16(21)13-10(2)19-20-14(11-7-5-4-6-8-11)12(17)9-18-15(13)20/h4-9H,3H2,1-2H3. The molecule has 3 rings (SSSR count). The highest BCUT2D eigenvalue weighted by Gasteiger charge is 2.22. The topological polar surface area (TPSA) is 56.5 Å². The van der Waals surface area contributed by atoms with E-state index in [4.69, 9.17) is 4.74 Å². The first kappa shape index (κ1) is 14.7. The molecule has 0 amide bonds. The third-order valence-electron chi connectivity index (χ3n) is 3.30. The molecule has 112 valence electrons. The molecule has 0 spiro atoms. The fraction of sp³-hybridized carbons (Fsp3) is 0.188. The fourth-order valence-electron chi connectivity index (χ4n) is 2.37. The normalized spacial score (nSPS) is 10.9. The van der Waals surface area contributed by atoms with Gasteiger partial charge in [0, 0.05) is 11.8 Å². The predicted octanol–water partition coefficient (Wildman–Crippen LogP) is 3.64. The number of nitrogens with zero attached hydrogens (tertiary/aromatic N) is 3. The van der Waals surface area contributed by atoms with Gasteiger partial charge in [0.2, 0.25) is 0 Å². The van der Waals surface area contributed by atoms with Crippen LogP contribution in [0.4, 0.5) is 0 Å². The second kappa shape index (κ2) is 5.88. The SMILES string of the molecule is CCOC(=O)c1c(C)nn2c(-c3ccccc3)c(Br)cnc12. The Labute approximate surface area is 136 Å². The first-order chi connectivity index (χ1) is 10.6. The average molecular weight is 360 g/mol. The number of aryl methyl sites for hydroxylation is 1. The van der Waals surface area contributed by atoms with Crippen LogP contribution in [0.1, 0.15) is 23.0 Å². The Hall–Kier alpha value is -2.21. The summed E-state index contributed by atoms with van der Waals surface area (Å²) >= 11 is 3.52. The molecular weight excluding hydrogens is 346 g/mol. The summed E-state index contributed by atoms with van der Waals surface area (Å²) in [4.78, 5) is 16.5. The molecule has 0 N–H and O–H groups in total. The van der Waals surface area contributed by atoms with Crippen LogP contribution in [0.2, 0.25) is 0 Å². The summed E-state index contributed by atoms with van der Waals surface area (Å²) in [6.07, 6.45) is 1.68. The highest BCUT2D eigenvalue weighted by Crippen LogP contribution is 2.29. The number of benzene rings is 1. The molecule has 0 bridgehead atoms. The lowest BCUT2D eigenvalue weighted by Crippen LogP contribution is -2.06. The number of fused-ring (bicyclic) bond motifs is 1. The van der Waals surface area contributed by atoms with Gasteiger partial charge >= 0.3 is 5.97 Å². The smallest absolute Gasteiger partial charge is 0.343 e. The molecule has 6 heteroatoms. The van der Waals surface area contributed by atoms with Crippen LogP contribution in [-0.2, 0) is 4.74 Å². The van der Waals surface area contributed by atoms with Crippen LogP contribution in [0.5, 0.6) is 0 Å². The Morgan fingerprint density at radius 1 is 1.32 bits per heavy atom. The second-order valence-corrected chi connectivity index (χ2v) is 5.59. The van der Waals surface area contributed by atoms with E-state index in [0.717, 1.165) is 15.7 Å². The number of carbonyl (C=O) groups is 1. The minimum absolute atomic E-state index is 0.317. The van der Waals surface area contributed by atoms with Crippen molar-refractivity contribution < 1.29 is 9.53 Å². The van der Waals surface area contributed by atoms with E-state index >= 15 is 0 Å². The summed E-state index contributed by atoms with van der Waals surface area (Å²) in [6.45, 7) is 3.87. The number of esters is 1. The van der Waals surface area contributed by atoms with Crippen LogP contribution >= 0.6 is 15.9 Å². The van der Waals surface area contributed by atoms with Gasteiger partial charge in [-0.25, -0.2) is 14.3 Å². The van der Waals surface area contributed by atoms with Gasteiger partial charge in [0.05, 0.1) is 22.5 Å². The molecule has 0 saturated heterocycles. The van der Waals surface area contributed by atoms with Crippen molar-refractivity contribution in [3.8, 4) is 11.3 Å². The molecule has 0 unspecified atom stereocenters.